The highest BCUT2D eigenvalue weighted by molar-refractivity contribution is 5.73. The summed E-state index contributed by atoms with van der Waals surface area (Å²) in [5.74, 6) is 0.139. The minimum atomic E-state index is 0.0729. The third kappa shape index (κ3) is 9.07. The van der Waals surface area contributed by atoms with Crippen LogP contribution in [-0.4, -0.2) is 11.4 Å². The Morgan fingerprint density at radius 1 is 0.789 bits per heavy atom. The predicted octanol–water partition coefficient (Wildman–Crippen LogP) is 5.21. The molecule has 0 saturated carbocycles. The topological polar surface area (TPSA) is 29.1 Å². The molecular weight excluding hydrogens is 234 g/mol. The highest BCUT2D eigenvalue weighted by Crippen LogP contribution is 2.27. The van der Waals surface area contributed by atoms with Crippen LogP contribution in [0.25, 0.3) is 0 Å². The molecule has 0 fully saturated rings. The van der Waals surface area contributed by atoms with Gasteiger partial charge in [0.25, 0.3) is 0 Å². The van der Waals surface area contributed by atoms with Gasteiger partial charge in [0.1, 0.15) is 0 Å². The van der Waals surface area contributed by atoms with Crippen molar-refractivity contribution >= 4 is 5.91 Å². The van der Waals surface area contributed by atoms with Gasteiger partial charge < -0.3 is 5.32 Å². The van der Waals surface area contributed by atoms with Gasteiger partial charge in [0.05, 0.1) is 0 Å². The number of amides is 1. The first-order valence-electron chi connectivity index (χ1n) is 8.39. The van der Waals surface area contributed by atoms with E-state index >= 15 is 0 Å². The van der Waals surface area contributed by atoms with Gasteiger partial charge >= 0.3 is 0 Å². The summed E-state index contributed by atoms with van der Waals surface area (Å²) in [5, 5.41) is 3.29. The highest BCUT2D eigenvalue weighted by Gasteiger charge is 2.28. The first-order valence-corrected chi connectivity index (χ1v) is 8.39. The van der Waals surface area contributed by atoms with Crippen molar-refractivity contribution in [3.8, 4) is 0 Å². The first kappa shape index (κ1) is 18.5. The quantitative estimate of drug-likeness (QED) is 0.484. The molecule has 0 aliphatic carbocycles. The van der Waals surface area contributed by atoms with E-state index in [2.05, 4.69) is 26.1 Å². The van der Waals surface area contributed by atoms with Gasteiger partial charge in [-0.05, 0) is 19.3 Å². The van der Waals surface area contributed by atoms with Crippen molar-refractivity contribution in [1.29, 1.82) is 0 Å². The molecule has 114 valence electrons. The van der Waals surface area contributed by atoms with E-state index in [0.29, 0.717) is 0 Å². The molecule has 1 atom stereocenters. The Morgan fingerprint density at radius 2 is 1.32 bits per heavy atom. The molecule has 0 spiro atoms. The Kier molecular flexibility index (Phi) is 11.0. The van der Waals surface area contributed by atoms with Crippen LogP contribution in [0.2, 0.25) is 0 Å². The molecule has 0 saturated heterocycles. The van der Waals surface area contributed by atoms with E-state index < -0.39 is 0 Å². The SMILES string of the molecule is CCCCCCC(CCC)(CCCCC)NC(C)=O. The molecule has 2 nitrogen and oxygen atoms in total. The molecule has 0 radical (unpaired) electrons. The number of carbonyl (C=O) groups excluding carboxylic acids is 1. The summed E-state index contributed by atoms with van der Waals surface area (Å²) in [6.07, 6.45) is 13.5. The maximum absolute atomic E-state index is 11.5. The number of hydrogen-bond donors (Lipinski definition) is 1. The molecule has 0 aromatic carbocycles. The Labute approximate surface area is 120 Å². The van der Waals surface area contributed by atoms with Crippen LogP contribution in [-0.2, 0) is 4.79 Å². The smallest absolute Gasteiger partial charge is 0.217 e. The molecule has 1 N–H and O–H groups in total. The van der Waals surface area contributed by atoms with E-state index in [1.807, 2.05) is 0 Å². The average Bonchev–Trinajstić information content (AvgIpc) is 2.35. The first-order chi connectivity index (χ1) is 9.10. The van der Waals surface area contributed by atoms with Crippen LogP contribution < -0.4 is 5.32 Å². The van der Waals surface area contributed by atoms with E-state index in [4.69, 9.17) is 0 Å². The van der Waals surface area contributed by atoms with Gasteiger partial charge in [0.2, 0.25) is 5.91 Å². The highest BCUT2D eigenvalue weighted by atomic mass is 16.1. The van der Waals surface area contributed by atoms with Gasteiger partial charge in [-0.3, -0.25) is 4.79 Å². The Balaban J connectivity index is 4.46. The van der Waals surface area contributed by atoms with Crippen LogP contribution in [0, 0.1) is 0 Å². The summed E-state index contributed by atoms with van der Waals surface area (Å²) in [6.45, 7) is 8.37. The van der Waals surface area contributed by atoms with Crippen molar-refractivity contribution in [2.24, 2.45) is 0 Å². The largest absolute Gasteiger partial charge is 0.351 e. The van der Waals surface area contributed by atoms with Gasteiger partial charge in [-0.15, -0.1) is 0 Å². The minimum Gasteiger partial charge on any atom is -0.351 e. The molecule has 0 heterocycles. The second kappa shape index (κ2) is 11.3. The van der Waals surface area contributed by atoms with Gasteiger partial charge in [0.15, 0.2) is 0 Å². The van der Waals surface area contributed by atoms with Crippen LogP contribution >= 0.6 is 0 Å². The lowest BCUT2D eigenvalue weighted by atomic mass is 9.82. The fourth-order valence-electron chi connectivity index (χ4n) is 3.02. The van der Waals surface area contributed by atoms with E-state index in [-0.39, 0.29) is 11.4 Å². The van der Waals surface area contributed by atoms with Crippen molar-refractivity contribution in [3.05, 3.63) is 0 Å². The molecule has 1 unspecified atom stereocenters. The summed E-state index contributed by atoms with van der Waals surface area (Å²) < 4.78 is 0. The molecule has 0 bridgehead atoms. The van der Waals surface area contributed by atoms with Gasteiger partial charge in [0, 0.05) is 12.5 Å². The third-order valence-corrected chi connectivity index (χ3v) is 3.94. The van der Waals surface area contributed by atoms with Crippen LogP contribution in [0.4, 0.5) is 0 Å². The lowest BCUT2D eigenvalue weighted by Crippen LogP contribution is -2.47. The van der Waals surface area contributed by atoms with E-state index in [1.165, 1.54) is 44.9 Å². The molecular formula is C17H35NO. The number of unbranched alkanes of at least 4 members (excludes halogenated alkanes) is 5. The lowest BCUT2D eigenvalue weighted by molar-refractivity contribution is -0.121. The zero-order chi connectivity index (χ0) is 14.6. The van der Waals surface area contributed by atoms with Crippen molar-refractivity contribution in [2.45, 2.75) is 104 Å². The maximum Gasteiger partial charge on any atom is 0.217 e. The monoisotopic (exact) mass is 269 g/mol. The molecule has 0 aromatic heterocycles. The molecule has 0 rings (SSSR count). The van der Waals surface area contributed by atoms with Crippen LogP contribution in [0.3, 0.4) is 0 Å². The van der Waals surface area contributed by atoms with Crippen LogP contribution in [0.1, 0.15) is 98.3 Å². The second-order valence-corrected chi connectivity index (χ2v) is 5.98. The van der Waals surface area contributed by atoms with Gasteiger partial charge in [-0.2, -0.15) is 0 Å². The fraction of sp³-hybridized carbons (Fsp3) is 0.941. The summed E-state index contributed by atoms with van der Waals surface area (Å²) in [5.41, 5.74) is 0.0729. The molecule has 0 aliphatic heterocycles. The fourth-order valence-corrected chi connectivity index (χ4v) is 3.02. The van der Waals surface area contributed by atoms with Gasteiger partial charge in [-0.25, -0.2) is 0 Å². The number of carbonyl (C=O) groups is 1. The molecule has 0 aromatic rings. The standard InChI is InChI=1S/C17H35NO/c1-5-8-10-12-15-17(13-7-3,18-16(4)19)14-11-9-6-2/h5-15H2,1-4H3,(H,18,19). The Bertz CT molecular complexity index is 227. The molecule has 19 heavy (non-hydrogen) atoms. The van der Waals surface area contributed by atoms with Crippen molar-refractivity contribution in [1.82, 2.24) is 5.32 Å². The second-order valence-electron chi connectivity index (χ2n) is 5.98. The average molecular weight is 269 g/mol. The summed E-state index contributed by atoms with van der Waals surface area (Å²) in [7, 11) is 0. The maximum atomic E-state index is 11.5. The van der Waals surface area contributed by atoms with E-state index in [0.717, 1.165) is 25.7 Å². The molecule has 0 aliphatic rings. The van der Waals surface area contributed by atoms with Crippen LogP contribution in [0.15, 0.2) is 0 Å². The van der Waals surface area contributed by atoms with Crippen molar-refractivity contribution < 1.29 is 4.79 Å². The number of hydrogen-bond acceptors (Lipinski definition) is 1. The summed E-state index contributed by atoms with van der Waals surface area (Å²) in [6, 6.07) is 0. The Morgan fingerprint density at radius 3 is 1.79 bits per heavy atom. The summed E-state index contributed by atoms with van der Waals surface area (Å²) in [4.78, 5) is 11.5. The molecule has 2 heteroatoms. The molecule has 1 amide bonds. The number of rotatable bonds is 12. The normalized spacial score (nSPS) is 14.1. The van der Waals surface area contributed by atoms with E-state index in [1.54, 1.807) is 6.92 Å². The zero-order valence-corrected chi connectivity index (χ0v) is 13.7. The van der Waals surface area contributed by atoms with Gasteiger partial charge in [-0.1, -0.05) is 72.1 Å². The lowest BCUT2D eigenvalue weighted by Gasteiger charge is -2.35. The van der Waals surface area contributed by atoms with Crippen molar-refractivity contribution in [3.63, 3.8) is 0 Å². The summed E-state index contributed by atoms with van der Waals surface area (Å²) >= 11 is 0. The van der Waals surface area contributed by atoms with Crippen molar-refractivity contribution in [2.75, 3.05) is 0 Å². The third-order valence-electron chi connectivity index (χ3n) is 3.94. The van der Waals surface area contributed by atoms with Crippen LogP contribution in [0.5, 0.6) is 0 Å². The zero-order valence-electron chi connectivity index (χ0n) is 13.7. The predicted molar refractivity (Wildman–Crippen MR) is 84.4 cm³/mol. The van der Waals surface area contributed by atoms with E-state index in [9.17, 15) is 4.79 Å². The number of nitrogens with one attached hydrogen (secondary N) is 1. The minimum absolute atomic E-state index is 0.0729. The Hall–Kier alpha value is -0.530.